The van der Waals surface area contributed by atoms with E-state index in [1.54, 1.807) is 7.05 Å². The van der Waals surface area contributed by atoms with Crippen molar-refractivity contribution in [3.05, 3.63) is 0 Å². The summed E-state index contributed by atoms with van der Waals surface area (Å²) in [5.41, 5.74) is -0.458. The van der Waals surface area contributed by atoms with Gasteiger partial charge in [-0.2, -0.15) is 0 Å². The number of ether oxygens (including phenoxy) is 3. The van der Waals surface area contributed by atoms with Crippen LogP contribution in [0.5, 0.6) is 0 Å². The van der Waals surface area contributed by atoms with Gasteiger partial charge in [0, 0.05) is 20.2 Å². The van der Waals surface area contributed by atoms with Gasteiger partial charge < -0.3 is 19.1 Å². The van der Waals surface area contributed by atoms with E-state index in [0.29, 0.717) is 26.4 Å². The van der Waals surface area contributed by atoms with E-state index in [0.717, 1.165) is 13.0 Å². The minimum atomic E-state index is -0.458. The molecule has 0 saturated carbocycles. The molecule has 0 heterocycles. The van der Waals surface area contributed by atoms with Gasteiger partial charge in [0.2, 0.25) is 0 Å². The molecule has 0 aliphatic heterocycles. The van der Waals surface area contributed by atoms with Crippen molar-refractivity contribution in [2.45, 2.75) is 39.7 Å². The highest BCUT2D eigenvalue weighted by Gasteiger charge is 2.19. The van der Waals surface area contributed by atoms with Crippen molar-refractivity contribution in [1.82, 2.24) is 4.90 Å². The number of carbonyl (C=O) groups excluding carboxylic acids is 1. The lowest BCUT2D eigenvalue weighted by molar-refractivity contribution is 0.0160. The van der Waals surface area contributed by atoms with Gasteiger partial charge in [-0.15, -0.1) is 0 Å². The summed E-state index contributed by atoms with van der Waals surface area (Å²) in [4.78, 5) is 13.1. The Morgan fingerprint density at radius 3 is 2.11 bits per heavy atom. The fourth-order valence-electron chi connectivity index (χ4n) is 1.10. The van der Waals surface area contributed by atoms with Gasteiger partial charge in [-0.05, 0) is 27.2 Å². The van der Waals surface area contributed by atoms with Crippen LogP contribution in [0, 0.1) is 0 Å². The molecule has 0 bridgehead atoms. The highest BCUT2D eigenvalue weighted by Crippen LogP contribution is 2.08. The molecule has 108 valence electrons. The van der Waals surface area contributed by atoms with Crippen LogP contribution in [-0.2, 0) is 14.2 Å². The summed E-state index contributed by atoms with van der Waals surface area (Å²) in [5.74, 6) is 0. The number of carbonyl (C=O) groups is 1. The third-order valence-corrected chi connectivity index (χ3v) is 2.00. The van der Waals surface area contributed by atoms with Gasteiger partial charge in [-0.25, -0.2) is 4.79 Å². The topological polar surface area (TPSA) is 48.0 Å². The predicted octanol–water partition coefficient (Wildman–Crippen LogP) is 2.30. The Morgan fingerprint density at radius 2 is 1.61 bits per heavy atom. The molecule has 18 heavy (non-hydrogen) atoms. The van der Waals surface area contributed by atoms with E-state index in [1.165, 1.54) is 4.90 Å². The number of nitrogens with zero attached hydrogens (tertiary/aromatic N) is 1. The molecular formula is C13H27NO4. The second-order valence-corrected chi connectivity index (χ2v) is 5.13. The summed E-state index contributed by atoms with van der Waals surface area (Å²) in [6.07, 6.45) is 0.690. The molecule has 0 fully saturated rings. The van der Waals surface area contributed by atoms with Crippen LogP contribution in [0.15, 0.2) is 0 Å². The number of rotatable bonds is 8. The normalized spacial score (nSPS) is 11.4. The maximum absolute atomic E-state index is 11.6. The van der Waals surface area contributed by atoms with Crippen molar-refractivity contribution in [3.8, 4) is 0 Å². The Hall–Kier alpha value is -0.810. The van der Waals surface area contributed by atoms with E-state index in [2.05, 4.69) is 6.92 Å². The highest BCUT2D eigenvalue weighted by atomic mass is 16.6. The van der Waals surface area contributed by atoms with Crippen LogP contribution in [0.1, 0.15) is 34.1 Å². The molecule has 5 heteroatoms. The SMILES string of the molecule is CCCOCCOCCN(C)C(=O)OC(C)(C)C. The van der Waals surface area contributed by atoms with Crippen molar-refractivity contribution in [2.24, 2.45) is 0 Å². The monoisotopic (exact) mass is 261 g/mol. The molecule has 0 aromatic heterocycles. The van der Waals surface area contributed by atoms with E-state index >= 15 is 0 Å². The average Bonchev–Trinajstić information content (AvgIpc) is 2.25. The summed E-state index contributed by atoms with van der Waals surface area (Å²) < 4.78 is 15.8. The van der Waals surface area contributed by atoms with Crippen molar-refractivity contribution in [2.75, 3.05) is 40.0 Å². The summed E-state index contributed by atoms with van der Waals surface area (Å²) in [5, 5.41) is 0. The van der Waals surface area contributed by atoms with Crippen LogP contribution >= 0.6 is 0 Å². The van der Waals surface area contributed by atoms with Gasteiger partial charge in [-0.3, -0.25) is 0 Å². The molecule has 0 spiro atoms. The number of amides is 1. The molecule has 0 aliphatic rings. The lowest BCUT2D eigenvalue weighted by Crippen LogP contribution is -2.36. The molecule has 0 N–H and O–H groups in total. The van der Waals surface area contributed by atoms with E-state index < -0.39 is 5.60 Å². The van der Waals surface area contributed by atoms with Crippen molar-refractivity contribution < 1.29 is 19.0 Å². The Kier molecular flexibility index (Phi) is 8.75. The molecule has 0 aliphatic carbocycles. The molecule has 1 amide bonds. The fourth-order valence-corrected chi connectivity index (χ4v) is 1.10. The maximum atomic E-state index is 11.6. The van der Waals surface area contributed by atoms with Crippen LogP contribution in [0.3, 0.4) is 0 Å². The zero-order chi connectivity index (χ0) is 14.0. The third-order valence-electron chi connectivity index (χ3n) is 2.00. The van der Waals surface area contributed by atoms with E-state index in [1.807, 2.05) is 20.8 Å². The van der Waals surface area contributed by atoms with Crippen LogP contribution in [0.4, 0.5) is 4.79 Å². The zero-order valence-corrected chi connectivity index (χ0v) is 12.3. The first kappa shape index (κ1) is 17.2. The summed E-state index contributed by atoms with van der Waals surface area (Å²) >= 11 is 0. The summed E-state index contributed by atoms with van der Waals surface area (Å²) in [6, 6.07) is 0. The van der Waals surface area contributed by atoms with E-state index in [-0.39, 0.29) is 6.09 Å². The quantitative estimate of drug-likeness (QED) is 0.629. The van der Waals surface area contributed by atoms with Crippen LogP contribution < -0.4 is 0 Å². The molecule has 0 rings (SSSR count). The molecule has 0 atom stereocenters. The van der Waals surface area contributed by atoms with Gasteiger partial charge in [0.25, 0.3) is 0 Å². The smallest absolute Gasteiger partial charge is 0.410 e. The van der Waals surface area contributed by atoms with Gasteiger partial charge in [-0.1, -0.05) is 6.92 Å². The van der Waals surface area contributed by atoms with Crippen molar-refractivity contribution >= 4 is 6.09 Å². The largest absolute Gasteiger partial charge is 0.444 e. The van der Waals surface area contributed by atoms with Gasteiger partial charge in [0.15, 0.2) is 0 Å². The molecule has 0 aromatic carbocycles. The molecule has 0 radical (unpaired) electrons. The third kappa shape index (κ3) is 10.4. The molecular weight excluding hydrogens is 234 g/mol. The van der Waals surface area contributed by atoms with Gasteiger partial charge in [0.05, 0.1) is 19.8 Å². The van der Waals surface area contributed by atoms with Gasteiger partial charge >= 0.3 is 6.09 Å². The molecule has 5 nitrogen and oxygen atoms in total. The second kappa shape index (κ2) is 9.16. The summed E-state index contributed by atoms with van der Waals surface area (Å²) in [7, 11) is 1.70. The standard InChI is InChI=1S/C13H27NO4/c1-6-8-16-10-11-17-9-7-14(5)12(15)18-13(2,3)4/h6-11H2,1-5H3. The van der Waals surface area contributed by atoms with Crippen molar-refractivity contribution in [1.29, 1.82) is 0 Å². The first-order valence-electron chi connectivity index (χ1n) is 6.46. The minimum Gasteiger partial charge on any atom is -0.444 e. The highest BCUT2D eigenvalue weighted by molar-refractivity contribution is 5.67. The van der Waals surface area contributed by atoms with E-state index in [9.17, 15) is 4.79 Å². The number of hydrogen-bond acceptors (Lipinski definition) is 4. The first-order valence-corrected chi connectivity index (χ1v) is 6.46. The number of likely N-dealkylation sites (N-methyl/N-ethyl adjacent to an activating group) is 1. The zero-order valence-electron chi connectivity index (χ0n) is 12.3. The number of hydrogen-bond donors (Lipinski definition) is 0. The molecule has 0 unspecified atom stereocenters. The van der Waals surface area contributed by atoms with Crippen LogP contribution in [0.25, 0.3) is 0 Å². The lowest BCUT2D eigenvalue weighted by atomic mass is 10.2. The Bertz CT molecular complexity index is 226. The Balaban J connectivity index is 3.52. The fraction of sp³-hybridized carbons (Fsp3) is 0.923. The summed E-state index contributed by atoms with van der Waals surface area (Å²) in [6.45, 7) is 10.5. The Labute approximate surface area is 110 Å². The van der Waals surface area contributed by atoms with E-state index in [4.69, 9.17) is 14.2 Å². The van der Waals surface area contributed by atoms with Crippen molar-refractivity contribution in [3.63, 3.8) is 0 Å². The lowest BCUT2D eigenvalue weighted by Gasteiger charge is -2.24. The Morgan fingerprint density at radius 1 is 1.06 bits per heavy atom. The average molecular weight is 261 g/mol. The maximum Gasteiger partial charge on any atom is 0.410 e. The van der Waals surface area contributed by atoms with Crippen LogP contribution in [0.2, 0.25) is 0 Å². The second-order valence-electron chi connectivity index (χ2n) is 5.13. The van der Waals surface area contributed by atoms with Crippen LogP contribution in [-0.4, -0.2) is 56.6 Å². The first-order chi connectivity index (χ1) is 8.37. The predicted molar refractivity (Wildman–Crippen MR) is 70.8 cm³/mol. The van der Waals surface area contributed by atoms with Gasteiger partial charge in [0.1, 0.15) is 5.60 Å². The molecule has 0 saturated heterocycles. The molecule has 0 aromatic rings. The minimum absolute atomic E-state index is 0.326.